The molecule has 0 unspecified atom stereocenters. The molecule has 4 N–H and O–H groups in total. The van der Waals surface area contributed by atoms with Gasteiger partial charge in [0.15, 0.2) is 11.5 Å². The van der Waals surface area contributed by atoms with Gasteiger partial charge in [0.05, 0.1) is 6.61 Å². The molecule has 0 aliphatic carbocycles. The van der Waals surface area contributed by atoms with Crippen LogP contribution in [0.5, 0.6) is 11.5 Å². The molecule has 0 saturated heterocycles. The van der Waals surface area contributed by atoms with Crippen LogP contribution in [0.1, 0.15) is 25.3 Å². The average Bonchev–Trinajstić information content (AvgIpc) is 2.33. The van der Waals surface area contributed by atoms with Crippen molar-refractivity contribution < 1.29 is 19.7 Å². The summed E-state index contributed by atoms with van der Waals surface area (Å²) < 4.78 is 5.42. The Morgan fingerprint density at radius 3 is 2.83 bits per heavy atom. The number of carboxylic acid groups (broad SMARTS) is 1. The van der Waals surface area contributed by atoms with Crippen molar-refractivity contribution in [1.29, 1.82) is 0 Å². The largest absolute Gasteiger partial charge is 0.504 e. The fourth-order valence-corrected chi connectivity index (χ4v) is 1.47. The third-order valence-corrected chi connectivity index (χ3v) is 2.55. The summed E-state index contributed by atoms with van der Waals surface area (Å²) in [6.45, 7) is 2.57. The number of phenolic OH excluding ortho intramolecular Hbond substituents is 1. The fraction of sp³-hybridized carbons (Fsp3) is 0.462. The predicted molar refractivity (Wildman–Crippen MR) is 67.8 cm³/mol. The highest BCUT2D eigenvalue weighted by molar-refractivity contribution is 5.73. The van der Waals surface area contributed by atoms with Gasteiger partial charge in [0.25, 0.3) is 0 Å². The first kappa shape index (κ1) is 14.3. The number of rotatable bonds is 7. The van der Waals surface area contributed by atoms with Gasteiger partial charge in [-0.25, -0.2) is 0 Å². The van der Waals surface area contributed by atoms with Gasteiger partial charge in [0, 0.05) is 0 Å². The van der Waals surface area contributed by atoms with E-state index in [0.29, 0.717) is 12.4 Å². The lowest BCUT2D eigenvalue weighted by Crippen LogP contribution is -2.32. The molecule has 18 heavy (non-hydrogen) atoms. The Labute approximate surface area is 106 Å². The van der Waals surface area contributed by atoms with Crippen LogP contribution in [-0.4, -0.2) is 28.8 Å². The Morgan fingerprint density at radius 1 is 1.50 bits per heavy atom. The normalized spacial score (nSPS) is 12.1. The predicted octanol–water partition coefficient (Wildman–Crippen LogP) is 1.53. The molecule has 0 amide bonds. The molecule has 1 aromatic carbocycles. The maximum absolute atomic E-state index is 10.7. The van der Waals surface area contributed by atoms with Crippen molar-refractivity contribution >= 4 is 5.97 Å². The number of nitrogens with two attached hydrogens (primary N) is 1. The minimum Gasteiger partial charge on any atom is -0.504 e. The Hall–Kier alpha value is -1.75. The van der Waals surface area contributed by atoms with Gasteiger partial charge >= 0.3 is 5.97 Å². The molecular formula is C13H19NO4. The molecule has 0 aromatic heterocycles. The first-order valence-electron chi connectivity index (χ1n) is 5.97. The number of benzene rings is 1. The third-order valence-electron chi connectivity index (χ3n) is 2.55. The second-order valence-electron chi connectivity index (χ2n) is 4.15. The van der Waals surface area contributed by atoms with Crippen LogP contribution < -0.4 is 10.5 Å². The number of hydrogen-bond donors (Lipinski definition) is 3. The molecule has 1 atom stereocenters. The van der Waals surface area contributed by atoms with Crippen molar-refractivity contribution in [3.05, 3.63) is 23.8 Å². The van der Waals surface area contributed by atoms with E-state index in [1.807, 2.05) is 6.92 Å². The SMILES string of the molecule is CCCCOc1cc(C[C@H](N)C(=O)O)ccc1O. The maximum Gasteiger partial charge on any atom is 0.320 e. The highest BCUT2D eigenvalue weighted by atomic mass is 16.5. The minimum atomic E-state index is -1.04. The van der Waals surface area contributed by atoms with Crippen molar-refractivity contribution in [1.82, 2.24) is 0 Å². The summed E-state index contributed by atoms with van der Waals surface area (Å²) in [6, 6.07) is 3.82. The first-order chi connectivity index (χ1) is 8.54. The monoisotopic (exact) mass is 253 g/mol. The molecule has 1 rings (SSSR count). The number of phenols is 1. The van der Waals surface area contributed by atoms with E-state index < -0.39 is 12.0 Å². The van der Waals surface area contributed by atoms with Gasteiger partial charge in [0.2, 0.25) is 0 Å². The minimum absolute atomic E-state index is 0.0544. The van der Waals surface area contributed by atoms with Gasteiger partial charge in [-0.1, -0.05) is 19.4 Å². The zero-order chi connectivity index (χ0) is 13.5. The summed E-state index contributed by atoms with van der Waals surface area (Å²) in [5.41, 5.74) is 6.19. The van der Waals surface area contributed by atoms with Gasteiger partial charge in [0.1, 0.15) is 6.04 Å². The molecule has 0 saturated carbocycles. The van der Waals surface area contributed by atoms with Crippen LogP contribution in [0.4, 0.5) is 0 Å². The van der Waals surface area contributed by atoms with Crippen LogP contribution in [0, 0.1) is 0 Å². The standard InChI is InChI=1S/C13H19NO4/c1-2-3-6-18-12-8-9(4-5-11(12)15)7-10(14)13(16)17/h4-5,8,10,15H,2-3,6-7,14H2,1H3,(H,16,17)/t10-/m0/s1. The van der Waals surface area contributed by atoms with Crippen molar-refractivity contribution in [2.45, 2.75) is 32.2 Å². The summed E-state index contributed by atoms with van der Waals surface area (Å²) >= 11 is 0. The van der Waals surface area contributed by atoms with Gasteiger partial charge in [-0.2, -0.15) is 0 Å². The zero-order valence-electron chi connectivity index (χ0n) is 10.4. The van der Waals surface area contributed by atoms with Gasteiger partial charge < -0.3 is 20.7 Å². The molecule has 0 spiro atoms. The summed E-state index contributed by atoms with van der Waals surface area (Å²) in [4.78, 5) is 10.7. The highest BCUT2D eigenvalue weighted by Gasteiger charge is 2.13. The highest BCUT2D eigenvalue weighted by Crippen LogP contribution is 2.27. The van der Waals surface area contributed by atoms with E-state index in [4.69, 9.17) is 15.6 Å². The second kappa shape index (κ2) is 6.86. The zero-order valence-corrected chi connectivity index (χ0v) is 10.4. The molecule has 1 aromatic rings. The summed E-state index contributed by atoms with van der Waals surface area (Å²) in [7, 11) is 0. The van der Waals surface area contributed by atoms with Crippen LogP contribution in [0.3, 0.4) is 0 Å². The maximum atomic E-state index is 10.7. The van der Waals surface area contributed by atoms with E-state index in [1.54, 1.807) is 12.1 Å². The smallest absolute Gasteiger partial charge is 0.320 e. The number of carbonyl (C=O) groups is 1. The van der Waals surface area contributed by atoms with E-state index in [1.165, 1.54) is 6.07 Å². The van der Waals surface area contributed by atoms with E-state index in [9.17, 15) is 9.90 Å². The van der Waals surface area contributed by atoms with Crippen LogP contribution >= 0.6 is 0 Å². The Balaban J connectivity index is 2.70. The van der Waals surface area contributed by atoms with E-state index in [-0.39, 0.29) is 12.2 Å². The Morgan fingerprint density at radius 2 is 2.22 bits per heavy atom. The van der Waals surface area contributed by atoms with Gasteiger partial charge in [-0.05, 0) is 30.5 Å². The number of aromatic hydroxyl groups is 1. The van der Waals surface area contributed by atoms with Crippen molar-refractivity contribution in [3.63, 3.8) is 0 Å². The Kier molecular flexibility index (Phi) is 5.45. The number of aliphatic carboxylic acids is 1. The van der Waals surface area contributed by atoms with E-state index in [0.717, 1.165) is 18.4 Å². The lowest BCUT2D eigenvalue weighted by molar-refractivity contribution is -0.138. The summed E-state index contributed by atoms with van der Waals surface area (Å²) in [6.07, 6.45) is 2.11. The van der Waals surface area contributed by atoms with Crippen molar-refractivity contribution in [2.24, 2.45) is 5.73 Å². The topological polar surface area (TPSA) is 92.8 Å². The number of carboxylic acids is 1. The van der Waals surface area contributed by atoms with Gasteiger partial charge in [-0.15, -0.1) is 0 Å². The van der Waals surface area contributed by atoms with Crippen LogP contribution in [0.25, 0.3) is 0 Å². The molecule has 5 nitrogen and oxygen atoms in total. The molecule has 0 fully saturated rings. The molecular weight excluding hydrogens is 234 g/mol. The molecule has 5 heteroatoms. The average molecular weight is 253 g/mol. The molecule has 0 radical (unpaired) electrons. The van der Waals surface area contributed by atoms with Crippen LogP contribution in [0.2, 0.25) is 0 Å². The van der Waals surface area contributed by atoms with E-state index in [2.05, 4.69) is 0 Å². The van der Waals surface area contributed by atoms with Crippen molar-refractivity contribution in [3.8, 4) is 11.5 Å². The molecule has 0 aliphatic rings. The number of hydrogen-bond acceptors (Lipinski definition) is 4. The van der Waals surface area contributed by atoms with Crippen molar-refractivity contribution in [2.75, 3.05) is 6.61 Å². The number of ether oxygens (including phenoxy) is 1. The molecule has 100 valence electrons. The fourth-order valence-electron chi connectivity index (χ4n) is 1.47. The summed E-state index contributed by atoms with van der Waals surface area (Å²) in [5.74, 6) is -0.617. The quantitative estimate of drug-likeness (QED) is 0.641. The lowest BCUT2D eigenvalue weighted by Gasteiger charge is -2.11. The third kappa shape index (κ3) is 4.25. The summed E-state index contributed by atoms with van der Waals surface area (Å²) in [5, 5.41) is 18.3. The van der Waals surface area contributed by atoms with E-state index >= 15 is 0 Å². The Bertz CT molecular complexity index is 406. The lowest BCUT2D eigenvalue weighted by atomic mass is 10.1. The second-order valence-corrected chi connectivity index (χ2v) is 4.15. The number of unbranched alkanes of at least 4 members (excludes halogenated alkanes) is 1. The van der Waals surface area contributed by atoms with Gasteiger partial charge in [-0.3, -0.25) is 4.79 Å². The molecule has 0 aliphatic heterocycles. The molecule has 0 bridgehead atoms. The molecule has 0 heterocycles. The first-order valence-corrected chi connectivity index (χ1v) is 5.97. The van der Waals surface area contributed by atoms with Crippen LogP contribution in [-0.2, 0) is 11.2 Å². The van der Waals surface area contributed by atoms with Crippen LogP contribution in [0.15, 0.2) is 18.2 Å².